The van der Waals surface area contributed by atoms with Gasteiger partial charge in [0.15, 0.2) is 0 Å². The van der Waals surface area contributed by atoms with Crippen LogP contribution in [0.2, 0.25) is 0 Å². The lowest BCUT2D eigenvalue weighted by molar-refractivity contribution is -0.0905. The van der Waals surface area contributed by atoms with E-state index in [4.69, 9.17) is 0 Å². The summed E-state index contributed by atoms with van der Waals surface area (Å²) in [5.74, 6) is 2.40. The Balaban J connectivity index is 1.78. The molecule has 24 heavy (non-hydrogen) atoms. The van der Waals surface area contributed by atoms with E-state index < -0.39 is 6.10 Å². The number of fused-ring (bicyclic) bond motifs is 3. The highest BCUT2D eigenvalue weighted by Crippen LogP contribution is 2.83. The first-order valence-corrected chi connectivity index (χ1v) is 9.85. The Kier molecular flexibility index (Phi) is 2.63. The van der Waals surface area contributed by atoms with Crippen LogP contribution in [0.25, 0.3) is 0 Å². The van der Waals surface area contributed by atoms with Gasteiger partial charge in [-0.2, -0.15) is 0 Å². The van der Waals surface area contributed by atoms with Crippen LogP contribution in [0.5, 0.6) is 0 Å². The lowest BCUT2D eigenvalue weighted by Crippen LogP contribution is -2.53. The molecule has 3 saturated carbocycles. The van der Waals surface area contributed by atoms with Crippen LogP contribution in [-0.4, -0.2) is 22.4 Å². The zero-order chi connectivity index (χ0) is 17.4. The molecule has 9 atom stereocenters. The zero-order valence-corrected chi connectivity index (χ0v) is 15.9. The van der Waals surface area contributed by atoms with E-state index in [1.165, 1.54) is 17.6 Å². The van der Waals surface area contributed by atoms with E-state index in [0.717, 1.165) is 12.0 Å². The van der Waals surface area contributed by atoms with Crippen LogP contribution in [0.15, 0.2) is 22.8 Å². The largest absolute Gasteiger partial charge is 0.392 e. The number of hydrogen-bond donors (Lipinski definition) is 2. The molecule has 2 heteroatoms. The van der Waals surface area contributed by atoms with Crippen LogP contribution in [-0.2, 0) is 0 Å². The van der Waals surface area contributed by atoms with E-state index in [1.807, 2.05) is 0 Å². The number of rotatable bonds is 0. The minimum Gasteiger partial charge on any atom is -0.392 e. The van der Waals surface area contributed by atoms with Gasteiger partial charge in [0.2, 0.25) is 0 Å². The van der Waals surface area contributed by atoms with Crippen molar-refractivity contribution in [1.29, 1.82) is 0 Å². The molecule has 0 aromatic rings. The van der Waals surface area contributed by atoms with Crippen molar-refractivity contribution in [1.82, 2.24) is 0 Å². The van der Waals surface area contributed by atoms with Gasteiger partial charge in [0.05, 0.1) is 12.2 Å². The van der Waals surface area contributed by atoms with Crippen molar-refractivity contribution in [3.63, 3.8) is 0 Å². The molecule has 132 valence electrons. The van der Waals surface area contributed by atoms with Crippen LogP contribution in [0.1, 0.15) is 54.4 Å². The van der Waals surface area contributed by atoms with Crippen molar-refractivity contribution >= 4 is 0 Å². The summed E-state index contributed by atoms with van der Waals surface area (Å²) in [6.07, 6.45) is 3.79. The van der Waals surface area contributed by atoms with E-state index in [-0.39, 0.29) is 22.9 Å². The zero-order valence-electron chi connectivity index (χ0n) is 15.9. The second-order valence-corrected chi connectivity index (χ2v) is 10.4. The Bertz CT molecular complexity index is 701. The third-order valence-electron chi connectivity index (χ3n) is 9.65. The maximum absolute atomic E-state index is 11.8. The van der Waals surface area contributed by atoms with Crippen molar-refractivity contribution < 1.29 is 10.2 Å². The molecule has 0 aromatic heterocycles. The molecule has 0 saturated heterocycles. The fraction of sp³-hybridized carbons (Fsp3) is 0.818. The minimum absolute atomic E-state index is 0.129. The first-order chi connectivity index (χ1) is 11.1. The Labute approximate surface area is 146 Å². The summed E-state index contributed by atoms with van der Waals surface area (Å²) in [4.78, 5) is 0. The van der Waals surface area contributed by atoms with Crippen LogP contribution in [0, 0.1) is 45.8 Å². The van der Waals surface area contributed by atoms with Crippen molar-refractivity contribution in [3.8, 4) is 0 Å². The summed E-state index contributed by atoms with van der Waals surface area (Å²) in [7, 11) is 0. The minimum atomic E-state index is -0.393. The summed E-state index contributed by atoms with van der Waals surface area (Å²) in [5.41, 5.74) is 3.96. The summed E-state index contributed by atoms with van der Waals surface area (Å²) >= 11 is 0. The molecular formula is C22H32O2. The fourth-order valence-corrected chi connectivity index (χ4v) is 8.42. The molecule has 0 aromatic carbocycles. The van der Waals surface area contributed by atoms with Gasteiger partial charge in [0, 0.05) is 16.7 Å². The molecule has 3 fully saturated rings. The van der Waals surface area contributed by atoms with Crippen LogP contribution < -0.4 is 0 Å². The van der Waals surface area contributed by atoms with E-state index in [2.05, 4.69) is 47.6 Å². The van der Waals surface area contributed by atoms with E-state index in [0.29, 0.717) is 29.1 Å². The maximum atomic E-state index is 11.8. The molecule has 5 aliphatic carbocycles. The van der Waals surface area contributed by atoms with Gasteiger partial charge in [-0.25, -0.2) is 0 Å². The Morgan fingerprint density at radius 1 is 1.12 bits per heavy atom. The lowest BCUT2D eigenvalue weighted by Gasteiger charge is -2.50. The standard InChI is InChI=1S/C22H32O2/c1-10-7-14-17-15(20(17,5)6)8-11(2)22(19(14)24)13(4)12(3)16-9-21(16,22)18(10)23/h7,11,14-19,23-24H,8-9H2,1-6H3. The van der Waals surface area contributed by atoms with Crippen LogP contribution in [0.3, 0.4) is 0 Å². The van der Waals surface area contributed by atoms with Crippen LogP contribution in [0.4, 0.5) is 0 Å². The van der Waals surface area contributed by atoms with E-state index >= 15 is 0 Å². The van der Waals surface area contributed by atoms with Gasteiger partial charge >= 0.3 is 0 Å². The molecule has 2 bridgehead atoms. The normalized spacial score (nSPS) is 59.7. The summed E-state index contributed by atoms with van der Waals surface area (Å²) in [6.45, 7) is 13.7. The van der Waals surface area contributed by atoms with Crippen molar-refractivity contribution in [2.45, 2.75) is 66.6 Å². The third kappa shape index (κ3) is 1.28. The summed E-state index contributed by atoms with van der Waals surface area (Å²) in [5, 5.41) is 23.2. The molecule has 0 heterocycles. The predicted molar refractivity (Wildman–Crippen MR) is 95.1 cm³/mol. The van der Waals surface area contributed by atoms with Gasteiger partial charge in [-0.15, -0.1) is 0 Å². The summed E-state index contributed by atoms with van der Waals surface area (Å²) < 4.78 is 0. The number of aliphatic hydroxyl groups excluding tert-OH is 2. The van der Waals surface area contributed by atoms with Gasteiger partial charge in [-0.3, -0.25) is 0 Å². The highest BCUT2D eigenvalue weighted by Gasteiger charge is 2.81. The second kappa shape index (κ2) is 4.04. The molecule has 5 aliphatic rings. The molecule has 0 radical (unpaired) electrons. The molecule has 2 N–H and O–H groups in total. The molecule has 0 amide bonds. The van der Waals surface area contributed by atoms with E-state index in [1.54, 1.807) is 0 Å². The topological polar surface area (TPSA) is 40.5 Å². The highest BCUT2D eigenvalue weighted by molar-refractivity contribution is 5.50. The quantitative estimate of drug-likeness (QED) is 0.661. The average molecular weight is 328 g/mol. The Morgan fingerprint density at radius 2 is 1.79 bits per heavy atom. The van der Waals surface area contributed by atoms with Crippen molar-refractivity contribution in [2.24, 2.45) is 45.8 Å². The number of aliphatic hydroxyl groups is 2. The van der Waals surface area contributed by atoms with Crippen molar-refractivity contribution in [3.05, 3.63) is 22.8 Å². The van der Waals surface area contributed by atoms with Gasteiger partial charge in [0.25, 0.3) is 0 Å². The molecule has 2 spiro atoms. The monoisotopic (exact) mass is 328 g/mol. The van der Waals surface area contributed by atoms with Gasteiger partial charge in [0.1, 0.15) is 0 Å². The average Bonchev–Trinajstić information content (AvgIpc) is 3.36. The number of allylic oxidation sites excluding steroid dienone is 1. The Hall–Kier alpha value is -0.600. The summed E-state index contributed by atoms with van der Waals surface area (Å²) in [6, 6.07) is 0. The second-order valence-electron chi connectivity index (χ2n) is 10.4. The SMILES string of the molecule is CC1=CC2C3C(CC(C)C4(C(C)=C(C)C5CC54C1O)C2O)C3(C)C. The van der Waals surface area contributed by atoms with Gasteiger partial charge in [-0.1, -0.05) is 38.0 Å². The lowest BCUT2D eigenvalue weighted by atomic mass is 9.55. The van der Waals surface area contributed by atoms with Crippen molar-refractivity contribution in [2.75, 3.05) is 0 Å². The van der Waals surface area contributed by atoms with Gasteiger partial charge < -0.3 is 10.2 Å². The molecule has 0 aliphatic heterocycles. The molecular weight excluding hydrogens is 296 g/mol. The fourth-order valence-electron chi connectivity index (χ4n) is 8.42. The predicted octanol–water partition coefficient (Wildman–Crippen LogP) is 3.94. The maximum Gasteiger partial charge on any atom is 0.0819 e. The third-order valence-corrected chi connectivity index (χ3v) is 9.65. The Morgan fingerprint density at radius 3 is 2.46 bits per heavy atom. The smallest absolute Gasteiger partial charge is 0.0819 e. The highest BCUT2D eigenvalue weighted by atomic mass is 16.3. The van der Waals surface area contributed by atoms with Crippen LogP contribution >= 0.6 is 0 Å². The molecule has 2 nitrogen and oxygen atoms in total. The van der Waals surface area contributed by atoms with Gasteiger partial charge in [-0.05, 0) is 68.3 Å². The molecule has 5 rings (SSSR count). The first-order valence-electron chi connectivity index (χ1n) is 9.85. The molecule has 9 unspecified atom stereocenters. The van der Waals surface area contributed by atoms with E-state index in [9.17, 15) is 10.2 Å². The first kappa shape index (κ1) is 15.6. The number of hydrogen-bond acceptors (Lipinski definition) is 2.